The smallest absolute Gasteiger partial charge is 0.193 e. The second kappa shape index (κ2) is 7.23. The molecule has 0 amide bonds. The fourth-order valence-electron chi connectivity index (χ4n) is 2.85. The third-order valence-corrected chi connectivity index (χ3v) is 4.73. The van der Waals surface area contributed by atoms with Gasteiger partial charge in [0.25, 0.3) is 0 Å². The van der Waals surface area contributed by atoms with Gasteiger partial charge >= 0.3 is 0 Å². The quantitative estimate of drug-likeness (QED) is 0.607. The van der Waals surface area contributed by atoms with Gasteiger partial charge < -0.3 is 20.5 Å². The minimum atomic E-state index is 0.0643. The van der Waals surface area contributed by atoms with E-state index < -0.39 is 0 Å². The minimum Gasteiger partial charge on any atom is -0.493 e. The normalized spacial score (nSPS) is 15.6. The van der Waals surface area contributed by atoms with E-state index in [1.165, 1.54) is 5.56 Å². The van der Waals surface area contributed by atoms with Gasteiger partial charge in [0, 0.05) is 22.2 Å². The Labute approximate surface area is 152 Å². The van der Waals surface area contributed by atoms with Crippen LogP contribution in [0.4, 0.5) is 5.69 Å². The van der Waals surface area contributed by atoms with E-state index in [1.807, 2.05) is 36.4 Å². The highest BCUT2D eigenvalue weighted by Gasteiger charge is 2.44. The van der Waals surface area contributed by atoms with Gasteiger partial charge in [0.05, 0.1) is 20.8 Å². The number of hydrogen-bond acceptors (Lipinski definition) is 3. The van der Waals surface area contributed by atoms with Crippen molar-refractivity contribution in [2.75, 3.05) is 26.1 Å². The summed E-state index contributed by atoms with van der Waals surface area (Å²) >= 11 is 6.11. The van der Waals surface area contributed by atoms with Crippen LogP contribution in [0.5, 0.6) is 11.5 Å². The maximum Gasteiger partial charge on any atom is 0.193 e. The number of aliphatic imine (C=N–C) groups is 1. The summed E-state index contributed by atoms with van der Waals surface area (Å²) in [6, 6.07) is 13.5. The van der Waals surface area contributed by atoms with Gasteiger partial charge in [-0.1, -0.05) is 23.7 Å². The molecule has 1 aliphatic carbocycles. The van der Waals surface area contributed by atoms with E-state index in [-0.39, 0.29) is 5.41 Å². The summed E-state index contributed by atoms with van der Waals surface area (Å²) in [5, 5.41) is 3.85. The molecule has 132 valence electrons. The zero-order chi connectivity index (χ0) is 17.9. The number of nitrogens with one attached hydrogen (secondary N) is 1. The van der Waals surface area contributed by atoms with Crippen LogP contribution in [0.2, 0.25) is 5.02 Å². The van der Waals surface area contributed by atoms with Gasteiger partial charge in [0.2, 0.25) is 0 Å². The fourth-order valence-corrected chi connectivity index (χ4v) is 3.04. The van der Waals surface area contributed by atoms with Crippen molar-refractivity contribution < 1.29 is 9.47 Å². The largest absolute Gasteiger partial charge is 0.493 e. The molecule has 25 heavy (non-hydrogen) atoms. The molecule has 0 atom stereocenters. The van der Waals surface area contributed by atoms with Crippen molar-refractivity contribution in [1.82, 2.24) is 0 Å². The fraction of sp³-hybridized carbons (Fsp3) is 0.316. The number of benzene rings is 2. The molecule has 0 spiro atoms. The first-order chi connectivity index (χ1) is 12.1. The topological polar surface area (TPSA) is 68.9 Å². The van der Waals surface area contributed by atoms with Crippen LogP contribution in [0.25, 0.3) is 0 Å². The standard InChI is InChI=1S/C19H22ClN3O2/c1-24-16-7-6-15(11-17(16)25-2)23-18(21)22-12-19(8-9-19)13-4-3-5-14(20)10-13/h3-7,10-11H,8-9,12H2,1-2H3,(H3,21,22,23). The predicted octanol–water partition coefficient (Wildman–Crippen LogP) is 3.82. The number of guanidine groups is 1. The number of halogens is 1. The number of rotatable bonds is 6. The van der Waals surface area contributed by atoms with E-state index in [0.29, 0.717) is 24.0 Å². The number of nitrogens with zero attached hydrogens (tertiary/aromatic N) is 1. The molecule has 2 aromatic rings. The van der Waals surface area contributed by atoms with Crippen LogP contribution in [0.15, 0.2) is 47.5 Å². The molecule has 0 radical (unpaired) electrons. The molecule has 1 aliphatic rings. The third-order valence-electron chi connectivity index (χ3n) is 4.50. The Morgan fingerprint density at radius 1 is 1.16 bits per heavy atom. The lowest BCUT2D eigenvalue weighted by molar-refractivity contribution is 0.355. The Hall–Kier alpha value is -2.40. The molecule has 0 heterocycles. The van der Waals surface area contributed by atoms with Crippen molar-refractivity contribution in [3.05, 3.63) is 53.1 Å². The molecule has 0 saturated heterocycles. The van der Waals surface area contributed by atoms with E-state index in [2.05, 4.69) is 16.4 Å². The molecule has 3 rings (SSSR count). The molecule has 6 heteroatoms. The average molecular weight is 360 g/mol. The van der Waals surface area contributed by atoms with E-state index in [4.69, 9.17) is 26.8 Å². The van der Waals surface area contributed by atoms with Gasteiger partial charge in [-0.25, -0.2) is 0 Å². The predicted molar refractivity (Wildman–Crippen MR) is 102 cm³/mol. The van der Waals surface area contributed by atoms with Gasteiger partial charge in [0.1, 0.15) is 0 Å². The number of hydrogen-bond donors (Lipinski definition) is 2. The molecule has 2 aromatic carbocycles. The Kier molecular flexibility index (Phi) is 5.04. The number of ether oxygens (including phenoxy) is 2. The summed E-state index contributed by atoms with van der Waals surface area (Å²) < 4.78 is 10.5. The summed E-state index contributed by atoms with van der Waals surface area (Å²) in [5.74, 6) is 1.68. The first-order valence-corrected chi connectivity index (χ1v) is 8.49. The van der Waals surface area contributed by atoms with Crippen molar-refractivity contribution in [1.29, 1.82) is 0 Å². The SMILES string of the molecule is COc1ccc(NC(N)=NCC2(c3cccc(Cl)c3)CC2)cc1OC. The summed E-state index contributed by atoms with van der Waals surface area (Å²) in [7, 11) is 3.20. The molecule has 0 bridgehead atoms. The monoisotopic (exact) mass is 359 g/mol. The Morgan fingerprint density at radius 3 is 2.56 bits per heavy atom. The Bertz CT molecular complexity index is 788. The van der Waals surface area contributed by atoms with E-state index in [1.54, 1.807) is 14.2 Å². The second-order valence-corrected chi connectivity index (χ2v) is 6.62. The van der Waals surface area contributed by atoms with E-state index >= 15 is 0 Å². The van der Waals surface area contributed by atoms with Crippen LogP contribution >= 0.6 is 11.6 Å². The minimum absolute atomic E-state index is 0.0643. The highest BCUT2D eigenvalue weighted by molar-refractivity contribution is 6.30. The van der Waals surface area contributed by atoms with Crippen LogP contribution in [0, 0.1) is 0 Å². The van der Waals surface area contributed by atoms with Gasteiger partial charge in [-0.3, -0.25) is 4.99 Å². The van der Waals surface area contributed by atoms with Crippen LogP contribution < -0.4 is 20.5 Å². The van der Waals surface area contributed by atoms with Gasteiger partial charge in [-0.05, 0) is 42.7 Å². The molecule has 5 nitrogen and oxygen atoms in total. The molecular formula is C19H22ClN3O2. The molecule has 3 N–H and O–H groups in total. The van der Waals surface area contributed by atoms with Gasteiger partial charge in [-0.2, -0.15) is 0 Å². The first kappa shape index (κ1) is 17.4. The van der Waals surface area contributed by atoms with Crippen molar-refractivity contribution >= 4 is 23.2 Å². The second-order valence-electron chi connectivity index (χ2n) is 6.19. The van der Waals surface area contributed by atoms with Crippen LogP contribution in [-0.2, 0) is 5.41 Å². The maximum absolute atomic E-state index is 6.11. The van der Waals surface area contributed by atoms with Crippen molar-refractivity contribution in [2.45, 2.75) is 18.3 Å². The molecule has 0 unspecified atom stereocenters. The van der Waals surface area contributed by atoms with E-state index in [0.717, 1.165) is 23.6 Å². The first-order valence-electron chi connectivity index (χ1n) is 8.11. The number of anilines is 1. The van der Waals surface area contributed by atoms with E-state index in [9.17, 15) is 0 Å². The maximum atomic E-state index is 6.11. The van der Waals surface area contributed by atoms with Crippen molar-refractivity contribution in [3.63, 3.8) is 0 Å². The molecular weight excluding hydrogens is 338 g/mol. The molecule has 0 aromatic heterocycles. The van der Waals surface area contributed by atoms with Crippen LogP contribution in [0.1, 0.15) is 18.4 Å². The molecule has 1 fully saturated rings. The summed E-state index contributed by atoms with van der Waals surface area (Å²) in [4.78, 5) is 4.53. The summed E-state index contributed by atoms with van der Waals surface area (Å²) in [5.41, 5.74) is 8.14. The Morgan fingerprint density at radius 2 is 1.92 bits per heavy atom. The molecule has 1 saturated carbocycles. The lowest BCUT2D eigenvalue weighted by atomic mass is 9.96. The lowest BCUT2D eigenvalue weighted by Crippen LogP contribution is -2.25. The Balaban J connectivity index is 1.68. The van der Waals surface area contributed by atoms with Crippen LogP contribution in [0.3, 0.4) is 0 Å². The number of nitrogens with two attached hydrogens (primary N) is 1. The summed E-state index contributed by atoms with van der Waals surface area (Å²) in [6.45, 7) is 0.638. The van der Waals surface area contributed by atoms with Gasteiger partial charge in [-0.15, -0.1) is 0 Å². The highest BCUT2D eigenvalue weighted by Crippen LogP contribution is 2.48. The zero-order valence-electron chi connectivity index (χ0n) is 14.4. The third kappa shape index (κ3) is 3.99. The number of methoxy groups -OCH3 is 2. The lowest BCUT2D eigenvalue weighted by Gasteiger charge is -2.15. The van der Waals surface area contributed by atoms with Crippen molar-refractivity contribution in [2.24, 2.45) is 10.7 Å². The van der Waals surface area contributed by atoms with Crippen LogP contribution in [-0.4, -0.2) is 26.7 Å². The summed E-state index contributed by atoms with van der Waals surface area (Å²) in [6.07, 6.45) is 2.20. The van der Waals surface area contributed by atoms with Gasteiger partial charge in [0.15, 0.2) is 17.5 Å². The average Bonchev–Trinajstić information content (AvgIpc) is 3.41. The van der Waals surface area contributed by atoms with Crippen molar-refractivity contribution in [3.8, 4) is 11.5 Å². The zero-order valence-corrected chi connectivity index (χ0v) is 15.1. The highest BCUT2D eigenvalue weighted by atomic mass is 35.5. The molecule has 0 aliphatic heterocycles.